The van der Waals surface area contributed by atoms with Crippen LogP contribution in [0.3, 0.4) is 0 Å². The van der Waals surface area contributed by atoms with Gasteiger partial charge in [0.05, 0.1) is 17.2 Å². The van der Waals surface area contributed by atoms with Crippen LogP contribution in [0.4, 0.5) is 8.78 Å². The SMILES string of the molecule is Cn1cc(-c2n[nH]c(=O)n2-c2cn([C@H]3C=C[C@@H](N)C3)c3ccc(F)cc23)c2cc(F)ccc21. The number of H-pyrrole nitrogens is 1. The number of aromatic amines is 1. The summed E-state index contributed by atoms with van der Waals surface area (Å²) in [6, 6.07) is 8.92. The normalized spacial score (nSPS) is 18.2. The number of aryl methyl sites for hydroxylation is 1. The molecule has 0 saturated heterocycles. The van der Waals surface area contributed by atoms with Crippen molar-refractivity contribution < 1.29 is 8.78 Å². The molecule has 3 heterocycles. The highest BCUT2D eigenvalue weighted by molar-refractivity contribution is 5.96. The molecule has 33 heavy (non-hydrogen) atoms. The summed E-state index contributed by atoms with van der Waals surface area (Å²) < 4.78 is 33.6. The van der Waals surface area contributed by atoms with Crippen LogP contribution in [0.25, 0.3) is 38.9 Å². The van der Waals surface area contributed by atoms with Gasteiger partial charge >= 0.3 is 5.69 Å². The van der Waals surface area contributed by atoms with Crippen LogP contribution in [0.15, 0.2) is 65.7 Å². The first-order chi connectivity index (χ1) is 15.9. The third-order valence-electron chi connectivity index (χ3n) is 6.33. The van der Waals surface area contributed by atoms with E-state index in [1.807, 2.05) is 34.5 Å². The van der Waals surface area contributed by atoms with Crippen molar-refractivity contribution in [2.24, 2.45) is 12.8 Å². The maximum Gasteiger partial charge on any atom is 0.348 e. The first-order valence-electron chi connectivity index (χ1n) is 10.6. The van der Waals surface area contributed by atoms with E-state index in [9.17, 15) is 13.6 Å². The van der Waals surface area contributed by atoms with Crippen molar-refractivity contribution in [3.8, 4) is 17.1 Å². The van der Waals surface area contributed by atoms with Crippen LogP contribution < -0.4 is 11.4 Å². The average molecular weight is 446 g/mol. The van der Waals surface area contributed by atoms with Gasteiger partial charge in [0.15, 0.2) is 5.82 Å². The van der Waals surface area contributed by atoms with Gasteiger partial charge in [0.1, 0.15) is 11.6 Å². The highest BCUT2D eigenvalue weighted by Crippen LogP contribution is 2.35. The van der Waals surface area contributed by atoms with E-state index in [1.54, 1.807) is 18.3 Å². The minimum Gasteiger partial charge on any atom is -0.350 e. The number of allylic oxidation sites excluding steroid dienone is 1. The lowest BCUT2D eigenvalue weighted by atomic mass is 10.1. The second kappa shape index (κ2) is 7.01. The minimum atomic E-state index is -0.472. The Balaban J connectivity index is 1.63. The van der Waals surface area contributed by atoms with Crippen molar-refractivity contribution in [3.63, 3.8) is 0 Å². The molecule has 7 nitrogen and oxygen atoms in total. The summed E-state index contributed by atoms with van der Waals surface area (Å²) in [4.78, 5) is 13.0. The molecule has 2 atom stereocenters. The van der Waals surface area contributed by atoms with Gasteiger partial charge in [-0.3, -0.25) is 0 Å². The zero-order valence-corrected chi connectivity index (χ0v) is 17.7. The van der Waals surface area contributed by atoms with E-state index in [4.69, 9.17) is 5.73 Å². The fourth-order valence-corrected chi connectivity index (χ4v) is 4.82. The number of fused-ring (bicyclic) bond motifs is 2. The molecular formula is C24H20F2N6O. The Kier molecular flexibility index (Phi) is 4.18. The summed E-state index contributed by atoms with van der Waals surface area (Å²) in [5, 5.41) is 7.95. The van der Waals surface area contributed by atoms with Crippen LogP contribution in [0.1, 0.15) is 12.5 Å². The quantitative estimate of drug-likeness (QED) is 0.414. The topological polar surface area (TPSA) is 86.6 Å². The molecule has 0 bridgehead atoms. The molecule has 0 unspecified atom stereocenters. The summed E-state index contributed by atoms with van der Waals surface area (Å²) in [7, 11) is 1.84. The Morgan fingerprint density at radius 3 is 2.48 bits per heavy atom. The van der Waals surface area contributed by atoms with E-state index in [0.29, 0.717) is 34.3 Å². The molecule has 9 heteroatoms. The van der Waals surface area contributed by atoms with Crippen molar-refractivity contribution in [3.05, 3.63) is 83.1 Å². The van der Waals surface area contributed by atoms with E-state index in [0.717, 1.165) is 11.0 Å². The fraction of sp³-hybridized carbons (Fsp3) is 0.167. The second-order valence-corrected chi connectivity index (χ2v) is 8.44. The number of halogens is 2. The Morgan fingerprint density at radius 2 is 1.76 bits per heavy atom. The maximum absolute atomic E-state index is 14.3. The average Bonchev–Trinajstić information content (AvgIpc) is 3.53. The van der Waals surface area contributed by atoms with Gasteiger partial charge < -0.3 is 14.9 Å². The number of benzene rings is 2. The van der Waals surface area contributed by atoms with E-state index in [2.05, 4.69) is 10.2 Å². The van der Waals surface area contributed by atoms with Crippen molar-refractivity contribution in [1.82, 2.24) is 23.9 Å². The van der Waals surface area contributed by atoms with Crippen molar-refractivity contribution >= 4 is 21.8 Å². The molecule has 0 saturated carbocycles. The molecule has 0 radical (unpaired) electrons. The molecule has 3 N–H and O–H groups in total. The summed E-state index contributed by atoms with van der Waals surface area (Å²) >= 11 is 0. The van der Waals surface area contributed by atoms with Crippen molar-refractivity contribution in [1.29, 1.82) is 0 Å². The van der Waals surface area contributed by atoms with Gasteiger partial charge in [-0.15, -0.1) is 0 Å². The molecule has 2 aromatic carbocycles. The Hall–Kier alpha value is -3.98. The van der Waals surface area contributed by atoms with Crippen LogP contribution in [-0.4, -0.2) is 29.9 Å². The van der Waals surface area contributed by atoms with E-state index >= 15 is 0 Å². The van der Waals surface area contributed by atoms with E-state index in [-0.39, 0.29) is 17.9 Å². The van der Waals surface area contributed by atoms with Gasteiger partial charge in [-0.2, -0.15) is 5.10 Å². The maximum atomic E-state index is 14.3. The highest BCUT2D eigenvalue weighted by atomic mass is 19.1. The van der Waals surface area contributed by atoms with Gasteiger partial charge in [-0.05, 0) is 42.8 Å². The molecule has 0 amide bonds. The molecule has 6 rings (SSSR count). The Morgan fingerprint density at radius 1 is 1.03 bits per heavy atom. The van der Waals surface area contributed by atoms with E-state index in [1.165, 1.54) is 28.8 Å². The summed E-state index contributed by atoms with van der Waals surface area (Å²) in [6.45, 7) is 0. The van der Waals surface area contributed by atoms with Gasteiger partial charge in [-0.25, -0.2) is 23.2 Å². The largest absolute Gasteiger partial charge is 0.350 e. The molecule has 1 aliphatic carbocycles. The predicted octanol–water partition coefficient (Wildman–Crippen LogP) is 3.78. The first-order valence-corrected chi connectivity index (χ1v) is 10.6. The fourth-order valence-electron chi connectivity index (χ4n) is 4.82. The summed E-state index contributed by atoms with van der Waals surface area (Å²) in [6.07, 6.45) is 8.29. The van der Waals surface area contributed by atoms with Gasteiger partial charge in [0.25, 0.3) is 0 Å². The molecular weight excluding hydrogens is 426 g/mol. The number of nitrogens with one attached hydrogen (secondary N) is 1. The number of hydrogen-bond donors (Lipinski definition) is 2. The summed E-state index contributed by atoms with van der Waals surface area (Å²) in [5.74, 6) is -0.480. The minimum absolute atomic E-state index is 0.0144. The molecule has 0 spiro atoms. The molecule has 1 aliphatic rings. The molecule has 166 valence electrons. The first kappa shape index (κ1) is 19.7. The van der Waals surface area contributed by atoms with Gasteiger partial charge in [-0.1, -0.05) is 12.2 Å². The number of nitrogens with two attached hydrogens (primary N) is 1. The third-order valence-corrected chi connectivity index (χ3v) is 6.33. The van der Waals surface area contributed by atoms with Crippen molar-refractivity contribution in [2.75, 3.05) is 0 Å². The number of hydrogen-bond acceptors (Lipinski definition) is 3. The number of rotatable bonds is 3. The lowest BCUT2D eigenvalue weighted by Crippen LogP contribution is -2.17. The standard InChI is InChI=1S/C24H20F2N6O/c1-30-11-19(17-8-13(25)2-6-20(17)30)23-28-29-24(33)32(23)22-12-31(16-5-4-15(27)10-16)21-7-3-14(26)9-18(21)22/h2-9,11-12,15-16H,10,27H2,1H3,(H,29,33)/t15-,16+/m1/s1. The monoisotopic (exact) mass is 446 g/mol. The Bertz CT molecular complexity index is 1640. The predicted molar refractivity (Wildman–Crippen MR) is 122 cm³/mol. The van der Waals surface area contributed by atoms with Crippen LogP contribution in [-0.2, 0) is 7.05 Å². The molecule has 0 fully saturated rings. The third kappa shape index (κ3) is 2.96. The van der Waals surface area contributed by atoms with Crippen LogP contribution in [0, 0.1) is 11.6 Å². The zero-order chi connectivity index (χ0) is 22.9. The number of nitrogens with zero attached hydrogens (tertiary/aromatic N) is 4. The van der Waals surface area contributed by atoms with Crippen LogP contribution >= 0.6 is 0 Å². The molecule has 0 aliphatic heterocycles. The van der Waals surface area contributed by atoms with E-state index < -0.39 is 11.5 Å². The van der Waals surface area contributed by atoms with Gasteiger partial charge in [0.2, 0.25) is 0 Å². The van der Waals surface area contributed by atoms with Crippen molar-refractivity contribution in [2.45, 2.75) is 18.5 Å². The lowest BCUT2D eigenvalue weighted by Gasteiger charge is -2.13. The zero-order valence-electron chi connectivity index (χ0n) is 17.7. The highest BCUT2D eigenvalue weighted by Gasteiger charge is 2.24. The summed E-state index contributed by atoms with van der Waals surface area (Å²) in [5.41, 5.74) is 8.24. The molecule has 3 aromatic heterocycles. The Labute approximate surface area is 186 Å². The second-order valence-electron chi connectivity index (χ2n) is 8.44. The van der Waals surface area contributed by atoms with Crippen LogP contribution in [0.2, 0.25) is 0 Å². The molecule has 5 aromatic rings. The van der Waals surface area contributed by atoms with Crippen LogP contribution in [0.5, 0.6) is 0 Å². The smallest absolute Gasteiger partial charge is 0.348 e. The number of aromatic nitrogens is 5. The van der Waals surface area contributed by atoms with Gasteiger partial charge in [0, 0.05) is 47.3 Å². The lowest BCUT2D eigenvalue weighted by molar-refractivity contribution is 0.575.